The Balaban J connectivity index is 1.49. The standard InChI is InChI=1S/C19H30N4O3/c1-15(2)4-7-23-14-19(26-18(23)24)5-8-22(9-6-19)12-16-10-20-17(13-25-3)21-11-16/h10-11,15H,4-9,12-14H2,1-3H3. The van der Waals surface area contributed by atoms with Crippen molar-refractivity contribution in [2.75, 3.05) is 33.3 Å². The number of carbonyl (C=O) groups is 1. The van der Waals surface area contributed by atoms with Gasteiger partial charge in [-0.25, -0.2) is 14.8 Å². The fraction of sp³-hybridized carbons (Fsp3) is 0.737. The second-order valence-electron chi connectivity index (χ2n) is 7.87. The first-order valence-corrected chi connectivity index (χ1v) is 9.49. The van der Waals surface area contributed by atoms with Crippen molar-refractivity contribution in [1.82, 2.24) is 19.8 Å². The third-order valence-corrected chi connectivity index (χ3v) is 5.22. The van der Waals surface area contributed by atoms with E-state index in [1.165, 1.54) is 0 Å². The van der Waals surface area contributed by atoms with Crippen molar-refractivity contribution in [2.45, 2.75) is 51.9 Å². The van der Waals surface area contributed by atoms with E-state index >= 15 is 0 Å². The summed E-state index contributed by atoms with van der Waals surface area (Å²) in [5.74, 6) is 1.30. The maximum atomic E-state index is 12.2. The number of aromatic nitrogens is 2. The Morgan fingerprint density at radius 1 is 1.27 bits per heavy atom. The Bertz CT molecular complexity index is 597. The molecule has 26 heavy (non-hydrogen) atoms. The first-order valence-electron chi connectivity index (χ1n) is 9.49. The maximum absolute atomic E-state index is 12.2. The highest BCUT2D eigenvalue weighted by molar-refractivity contribution is 5.70. The average molecular weight is 362 g/mol. The molecular weight excluding hydrogens is 332 g/mol. The Morgan fingerprint density at radius 2 is 1.96 bits per heavy atom. The highest BCUT2D eigenvalue weighted by Gasteiger charge is 2.46. The molecule has 2 fully saturated rings. The zero-order chi connectivity index (χ0) is 18.6. The number of hydrogen-bond donors (Lipinski definition) is 0. The van der Waals surface area contributed by atoms with Gasteiger partial charge in [0.05, 0.1) is 6.54 Å². The minimum Gasteiger partial charge on any atom is -0.441 e. The number of ether oxygens (including phenoxy) is 2. The maximum Gasteiger partial charge on any atom is 0.410 e. The zero-order valence-electron chi connectivity index (χ0n) is 16.1. The van der Waals surface area contributed by atoms with Gasteiger partial charge in [-0.1, -0.05) is 13.8 Å². The van der Waals surface area contributed by atoms with Crippen LogP contribution in [0, 0.1) is 5.92 Å². The molecule has 1 spiro atoms. The monoisotopic (exact) mass is 362 g/mol. The summed E-state index contributed by atoms with van der Waals surface area (Å²) in [5.41, 5.74) is 0.811. The van der Waals surface area contributed by atoms with Crippen LogP contribution in [0.4, 0.5) is 4.79 Å². The molecule has 0 radical (unpaired) electrons. The van der Waals surface area contributed by atoms with Crippen molar-refractivity contribution >= 4 is 6.09 Å². The van der Waals surface area contributed by atoms with E-state index in [1.807, 2.05) is 17.3 Å². The molecule has 2 aliphatic rings. The first kappa shape index (κ1) is 19.0. The van der Waals surface area contributed by atoms with Gasteiger partial charge in [-0.15, -0.1) is 0 Å². The molecule has 2 aliphatic heterocycles. The summed E-state index contributed by atoms with van der Waals surface area (Å²) in [6, 6.07) is 0. The lowest BCUT2D eigenvalue weighted by Gasteiger charge is -2.37. The molecule has 0 unspecified atom stereocenters. The van der Waals surface area contributed by atoms with E-state index in [4.69, 9.17) is 9.47 Å². The number of amides is 1. The second kappa shape index (κ2) is 8.31. The van der Waals surface area contributed by atoms with Crippen LogP contribution in [0.2, 0.25) is 0 Å². The lowest BCUT2D eigenvalue weighted by Crippen LogP contribution is -2.46. The molecule has 3 rings (SSSR count). The van der Waals surface area contributed by atoms with Crippen molar-refractivity contribution in [1.29, 1.82) is 0 Å². The van der Waals surface area contributed by atoms with Gasteiger partial charge in [-0.2, -0.15) is 0 Å². The largest absolute Gasteiger partial charge is 0.441 e. The minimum atomic E-state index is -0.288. The molecule has 1 aromatic rings. The molecule has 0 N–H and O–H groups in total. The first-order chi connectivity index (χ1) is 12.5. The van der Waals surface area contributed by atoms with E-state index in [2.05, 4.69) is 28.7 Å². The number of likely N-dealkylation sites (tertiary alicyclic amines) is 1. The molecule has 2 saturated heterocycles. The van der Waals surface area contributed by atoms with Gasteiger partial charge in [-0.05, 0) is 12.3 Å². The summed E-state index contributed by atoms with van der Waals surface area (Å²) in [4.78, 5) is 25.1. The molecule has 0 aliphatic carbocycles. The molecule has 3 heterocycles. The summed E-state index contributed by atoms with van der Waals surface area (Å²) in [5, 5.41) is 0. The highest BCUT2D eigenvalue weighted by Crippen LogP contribution is 2.33. The molecule has 1 aromatic heterocycles. The van der Waals surface area contributed by atoms with Gasteiger partial charge in [0.25, 0.3) is 0 Å². The number of rotatable bonds is 7. The number of piperidine rings is 1. The summed E-state index contributed by atoms with van der Waals surface area (Å²) < 4.78 is 10.8. The van der Waals surface area contributed by atoms with Crippen LogP contribution >= 0.6 is 0 Å². The smallest absolute Gasteiger partial charge is 0.410 e. The van der Waals surface area contributed by atoms with Crippen LogP contribution in [-0.4, -0.2) is 64.8 Å². The predicted molar refractivity (Wildman–Crippen MR) is 97.5 cm³/mol. The van der Waals surface area contributed by atoms with Gasteiger partial charge in [0.15, 0.2) is 5.82 Å². The van der Waals surface area contributed by atoms with Crippen LogP contribution in [0.25, 0.3) is 0 Å². The van der Waals surface area contributed by atoms with Gasteiger partial charge in [0.2, 0.25) is 0 Å². The van der Waals surface area contributed by atoms with Crippen LogP contribution in [0.1, 0.15) is 44.5 Å². The quantitative estimate of drug-likeness (QED) is 0.742. The van der Waals surface area contributed by atoms with Gasteiger partial charge in [0.1, 0.15) is 12.2 Å². The Morgan fingerprint density at radius 3 is 2.58 bits per heavy atom. The van der Waals surface area contributed by atoms with Crippen molar-refractivity contribution in [2.24, 2.45) is 5.92 Å². The lowest BCUT2D eigenvalue weighted by molar-refractivity contribution is -0.00129. The Labute approximate surface area is 155 Å². The summed E-state index contributed by atoms with van der Waals surface area (Å²) in [7, 11) is 1.64. The molecule has 7 nitrogen and oxygen atoms in total. The molecule has 0 saturated carbocycles. The molecule has 0 bridgehead atoms. The minimum absolute atomic E-state index is 0.138. The SMILES string of the molecule is COCc1ncc(CN2CCC3(CC2)CN(CCC(C)C)C(=O)O3)cn1. The molecule has 0 aromatic carbocycles. The Kier molecular flexibility index (Phi) is 6.09. The Hall–Kier alpha value is -1.73. The number of nitrogens with zero attached hydrogens (tertiary/aromatic N) is 4. The van der Waals surface area contributed by atoms with Gasteiger partial charge < -0.3 is 14.4 Å². The number of methoxy groups -OCH3 is 1. The third-order valence-electron chi connectivity index (χ3n) is 5.22. The molecule has 0 atom stereocenters. The topological polar surface area (TPSA) is 67.8 Å². The molecule has 144 valence electrons. The van der Waals surface area contributed by atoms with Crippen molar-refractivity contribution in [3.05, 3.63) is 23.8 Å². The van der Waals surface area contributed by atoms with Crippen LogP contribution in [-0.2, 0) is 22.6 Å². The van der Waals surface area contributed by atoms with E-state index in [-0.39, 0.29) is 11.7 Å². The van der Waals surface area contributed by atoms with Crippen LogP contribution in [0.5, 0.6) is 0 Å². The number of hydrogen-bond acceptors (Lipinski definition) is 6. The van der Waals surface area contributed by atoms with Gasteiger partial charge >= 0.3 is 6.09 Å². The van der Waals surface area contributed by atoms with Crippen LogP contribution in [0.3, 0.4) is 0 Å². The van der Waals surface area contributed by atoms with E-state index in [9.17, 15) is 4.79 Å². The normalized spacial score (nSPS) is 20.2. The summed E-state index contributed by atoms with van der Waals surface area (Å²) in [6.07, 6.45) is 6.40. The summed E-state index contributed by atoms with van der Waals surface area (Å²) >= 11 is 0. The van der Waals surface area contributed by atoms with Crippen molar-refractivity contribution < 1.29 is 14.3 Å². The summed E-state index contributed by atoms with van der Waals surface area (Å²) in [6.45, 7) is 9.01. The molecular formula is C19H30N4O3. The highest BCUT2D eigenvalue weighted by atomic mass is 16.6. The molecule has 7 heteroatoms. The van der Waals surface area contributed by atoms with Crippen molar-refractivity contribution in [3.8, 4) is 0 Å². The van der Waals surface area contributed by atoms with E-state index in [0.29, 0.717) is 18.3 Å². The van der Waals surface area contributed by atoms with E-state index < -0.39 is 0 Å². The lowest BCUT2D eigenvalue weighted by atomic mass is 9.91. The van der Waals surface area contributed by atoms with Gasteiger partial charge in [-0.3, -0.25) is 4.90 Å². The second-order valence-corrected chi connectivity index (χ2v) is 7.87. The third kappa shape index (κ3) is 4.71. The zero-order valence-corrected chi connectivity index (χ0v) is 16.1. The van der Waals surface area contributed by atoms with Gasteiger partial charge in [0, 0.05) is 64.1 Å². The van der Waals surface area contributed by atoms with Crippen LogP contribution in [0.15, 0.2) is 12.4 Å². The number of carbonyl (C=O) groups excluding carboxylic acids is 1. The van der Waals surface area contributed by atoms with Crippen molar-refractivity contribution in [3.63, 3.8) is 0 Å². The predicted octanol–water partition coefficient (Wildman–Crippen LogP) is 2.46. The molecule has 1 amide bonds. The fourth-order valence-electron chi connectivity index (χ4n) is 3.58. The van der Waals surface area contributed by atoms with E-state index in [1.54, 1.807) is 7.11 Å². The van der Waals surface area contributed by atoms with Crippen LogP contribution < -0.4 is 0 Å². The fourth-order valence-corrected chi connectivity index (χ4v) is 3.58. The average Bonchev–Trinajstić information content (AvgIpc) is 2.93. The van der Waals surface area contributed by atoms with E-state index in [0.717, 1.165) is 57.5 Å².